The van der Waals surface area contributed by atoms with Crippen LogP contribution in [0.3, 0.4) is 0 Å². The van der Waals surface area contributed by atoms with Crippen molar-refractivity contribution in [2.75, 3.05) is 13.7 Å². The highest BCUT2D eigenvalue weighted by Crippen LogP contribution is 2.21. The molecule has 0 saturated heterocycles. The van der Waals surface area contributed by atoms with E-state index in [1.54, 1.807) is 14.0 Å². The van der Waals surface area contributed by atoms with Gasteiger partial charge in [-0.25, -0.2) is 0 Å². The predicted octanol–water partition coefficient (Wildman–Crippen LogP) is 4.13. The Bertz CT molecular complexity index is 733. The van der Waals surface area contributed by atoms with Crippen molar-refractivity contribution < 1.29 is 9.26 Å². The van der Waals surface area contributed by atoms with Gasteiger partial charge >= 0.3 is 0 Å². The number of hydrogen-bond donors (Lipinski definition) is 2. The minimum absolute atomic E-state index is 0. The molecule has 0 radical (unpaired) electrons. The minimum Gasteiger partial charge on any atom is -0.493 e. The topological polar surface area (TPSA) is 84.6 Å². The van der Waals surface area contributed by atoms with Crippen molar-refractivity contribution in [1.82, 2.24) is 20.8 Å². The minimum atomic E-state index is 0. The third kappa shape index (κ3) is 8.45. The summed E-state index contributed by atoms with van der Waals surface area (Å²) in [6.07, 6.45) is 4.78. The summed E-state index contributed by atoms with van der Waals surface area (Å²) >= 11 is 0. The van der Waals surface area contributed by atoms with Gasteiger partial charge in [-0.1, -0.05) is 43.5 Å². The van der Waals surface area contributed by atoms with Crippen LogP contribution >= 0.6 is 24.0 Å². The van der Waals surface area contributed by atoms with Crippen LogP contribution in [-0.4, -0.2) is 29.8 Å². The molecule has 0 aliphatic carbocycles. The number of ether oxygens (including phenoxy) is 1. The fourth-order valence-corrected chi connectivity index (χ4v) is 2.63. The van der Waals surface area contributed by atoms with E-state index in [1.807, 2.05) is 0 Å². The Labute approximate surface area is 184 Å². The van der Waals surface area contributed by atoms with Crippen LogP contribution in [0.4, 0.5) is 0 Å². The van der Waals surface area contributed by atoms with Gasteiger partial charge in [0.1, 0.15) is 5.75 Å². The van der Waals surface area contributed by atoms with Gasteiger partial charge < -0.3 is 19.9 Å². The number of unbranched alkanes of at least 4 members (excludes halogenated alkanes) is 3. The van der Waals surface area contributed by atoms with Gasteiger partial charge in [-0.3, -0.25) is 4.99 Å². The summed E-state index contributed by atoms with van der Waals surface area (Å²) in [6.45, 7) is 7.88. The molecule has 1 aromatic carbocycles. The fraction of sp³-hybridized carbons (Fsp3) is 0.550. The maximum atomic E-state index is 6.03. The zero-order chi connectivity index (χ0) is 19.5. The lowest BCUT2D eigenvalue weighted by atomic mass is 10.1. The Hall–Kier alpha value is -1.84. The van der Waals surface area contributed by atoms with Crippen LogP contribution < -0.4 is 15.4 Å². The first-order valence-electron chi connectivity index (χ1n) is 9.58. The third-order valence-corrected chi connectivity index (χ3v) is 4.13. The van der Waals surface area contributed by atoms with E-state index < -0.39 is 0 Å². The Morgan fingerprint density at radius 2 is 1.93 bits per heavy atom. The van der Waals surface area contributed by atoms with Crippen molar-refractivity contribution in [3.63, 3.8) is 0 Å². The number of aryl methyl sites for hydroxylation is 2. The van der Waals surface area contributed by atoms with Crippen LogP contribution in [0.15, 0.2) is 27.7 Å². The van der Waals surface area contributed by atoms with Gasteiger partial charge in [-0.2, -0.15) is 4.98 Å². The second-order valence-corrected chi connectivity index (χ2v) is 6.53. The van der Waals surface area contributed by atoms with Gasteiger partial charge in [0.25, 0.3) is 0 Å². The molecule has 8 heteroatoms. The lowest BCUT2D eigenvalue weighted by Gasteiger charge is -2.15. The molecule has 156 valence electrons. The number of guanidine groups is 1. The quantitative estimate of drug-likeness (QED) is 0.221. The Morgan fingerprint density at radius 3 is 2.61 bits per heavy atom. The van der Waals surface area contributed by atoms with Crippen LogP contribution in [0.25, 0.3) is 0 Å². The maximum absolute atomic E-state index is 6.03. The zero-order valence-electron chi connectivity index (χ0n) is 17.2. The van der Waals surface area contributed by atoms with Gasteiger partial charge in [0.2, 0.25) is 5.89 Å². The average molecular weight is 501 g/mol. The van der Waals surface area contributed by atoms with E-state index >= 15 is 0 Å². The van der Waals surface area contributed by atoms with Gasteiger partial charge in [0.15, 0.2) is 11.8 Å². The van der Waals surface area contributed by atoms with E-state index in [2.05, 4.69) is 57.8 Å². The SMILES string of the molecule is CCCCCCOc1cc(C)ccc1CNC(=NC)NCc1noc(C)n1.I. The molecule has 0 saturated carbocycles. The molecule has 1 heterocycles. The highest BCUT2D eigenvalue weighted by molar-refractivity contribution is 14.0. The van der Waals surface area contributed by atoms with Gasteiger partial charge in [0.05, 0.1) is 13.2 Å². The smallest absolute Gasteiger partial charge is 0.223 e. The first kappa shape index (κ1) is 24.2. The molecule has 0 unspecified atom stereocenters. The summed E-state index contributed by atoms with van der Waals surface area (Å²) in [5.74, 6) is 2.76. The summed E-state index contributed by atoms with van der Waals surface area (Å²) in [5, 5.41) is 10.4. The molecule has 7 nitrogen and oxygen atoms in total. The molecule has 0 atom stereocenters. The maximum Gasteiger partial charge on any atom is 0.223 e. The number of halogens is 1. The van der Waals surface area contributed by atoms with Crippen molar-refractivity contribution in [2.45, 2.75) is 59.5 Å². The van der Waals surface area contributed by atoms with Crippen LogP contribution in [0.1, 0.15) is 55.4 Å². The summed E-state index contributed by atoms with van der Waals surface area (Å²) in [4.78, 5) is 8.41. The van der Waals surface area contributed by atoms with E-state index in [0.29, 0.717) is 30.8 Å². The van der Waals surface area contributed by atoms with Gasteiger partial charge in [-0.05, 0) is 25.0 Å². The molecule has 0 aliphatic rings. The number of nitrogens with zero attached hydrogens (tertiary/aromatic N) is 3. The van der Waals surface area contributed by atoms with Crippen molar-refractivity contribution in [3.8, 4) is 5.75 Å². The normalized spacial score (nSPS) is 11.1. The Kier molecular flexibility index (Phi) is 11.5. The molecule has 2 N–H and O–H groups in total. The standard InChI is InChI=1S/C20H31N5O2.HI/c1-5-6-7-8-11-26-18-12-15(2)9-10-17(18)13-22-20(21-4)23-14-19-24-16(3)27-25-19;/h9-10,12H,5-8,11,13-14H2,1-4H3,(H2,21,22,23);1H. The van der Waals surface area contributed by atoms with Gasteiger partial charge in [-0.15, -0.1) is 24.0 Å². The van der Waals surface area contributed by atoms with Crippen LogP contribution in [0, 0.1) is 13.8 Å². The highest BCUT2D eigenvalue weighted by atomic mass is 127. The second-order valence-electron chi connectivity index (χ2n) is 6.53. The number of rotatable bonds is 10. The first-order chi connectivity index (χ1) is 13.1. The number of hydrogen-bond acceptors (Lipinski definition) is 5. The zero-order valence-corrected chi connectivity index (χ0v) is 19.6. The lowest BCUT2D eigenvalue weighted by molar-refractivity contribution is 0.301. The molecular formula is C20H32IN5O2. The average Bonchev–Trinajstić information content (AvgIpc) is 3.08. The molecule has 2 aromatic rings. The molecule has 0 fully saturated rings. The van der Waals surface area contributed by atoms with Crippen molar-refractivity contribution >= 4 is 29.9 Å². The van der Waals surface area contributed by atoms with E-state index in [-0.39, 0.29) is 24.0 Å². The molecule has 0 aliphatic heterocycles. The highest BCUT2D eigenvalue weighted by Gasteiger charge is 2.07. The van der Waals surface area contributed by atoms with Crippen LogP contribution in [0.5, 0.6) is 5.75 Å². The molecule has 2 rings (SSSR count). The summed E-state index contributed by atoms with van der Waals surface area (Å²) in [5.41, 5.74) is 2.30. The second kappa shape index (κ2) is 13.4. The Morgan fingerprint density at radius 1 is 1.14 bits per heavy atom. The molecule has 0 amide bonds. The molecule has 0 bridgehead atoms. The van der Waals surface area contributed by atoms with E-state index in [9.17, 15) is 0 Å². The third-order valence-electron chi connectivity index (χ3n) is 4.13. The van der Waals surface area contributed by atoms with E-state index in [1.165, 1.54) is 24.8 Å². The number of nitrogens with one attached hydrogen (secondary N) is 2. The first-order valence-corrected chi connectivity index (χ1v) is 9.58. The number of aliphatic imine (C=N–C) groups is 1. The van der Waals surface area contributed by atoms with Crippen molar-refractivity contribution in [3.05, 3.63) is 41.0 Å². The summed E-state index contributed by atoms with van der Waals surface area (Å²) in [7, 11) is 1.73. The van der Waals surface area contributed by atoms with E-state index in [4.69, 9.17) is 9.26 Å². The van der Waals surface area contributed by atoms with Crippen LogP contribution in [0.2, 0.25) is 0 Å². The lowest BCUT2D eigenvalue weighted by Crippen LogP contribution is -2.36. The number of aromatic nitrogens is 2. The van der Waals surface area contributed by atoms with Crippen molar-refractivity contribution in [2.24, 2.45) is 4.99 Å². The monoisotopic (exact) mass is 501 g/mol. The Balaban J connectivity index is 0.00000392. The van der Waals surface area contributed by atoms with Crippen LogP contribution in [-0.2, 0) is 13.1 Å². The number of benzene rings is 1. The molecular weight excluding hydrogens is 469 g/mol. The van der Waals surface area contributed by atoms with E-state index in [0.717, 1.165) is 24.3 Å². The largest absolute Gasteiger partial charge is 0.493 e. The van der Waals surface area contributed by atoms with Gasteiger partial charge in [0, 0.05) is 26.1 Å². The van der Waals surface area contributed by atoms with Crippen molar-refractivity contribution in [1.29, 1.82) is 0 Å². The molecule has 1 aromatic heterocycles. The fourth-order valence-electron chi connectivity index (χ4n) is 2.63. The summed E-state index contributed by atoms with van der Waals surface area (Å²) < 4.78 is 11.0. The molecule has 28 heavy (non-hydrogen) atoms. The predicted molar refractivity (Wildman–Crippen MR) is 122 cm³/mol. The summed E-state index contributed by atoms with van der Waals surface area (Å²) in [6, 6.07) is 6.29. The molecule has 0 spiro atoms.